The van der Waals surface area contributed by atoms with E-state index in [-0.39, 0.29) is 12.1 Å². The van der Waals surface area contributed by atoms with Crippen LogP contribution in [-0.2, 0) is 0 Å². The second-order valence-corrected chi connectivity index (χ2v) is 4.29. The van der Waals surface area contributed by atoms with Crippen molar-refractivity contribution in [1.82, 2.24) is 9.88 Å². The van der Waals surface area contributed by atoms with E-state index in [4.69, 9.17) is 0 Å². The molecule has 0 saturated heterocycles. The summed E-state index contributed by atoms with van der Waals surface area (Å²) in [6.45, 7) is 0. The van der Waals surface area contributed by atoms with Crippen LogP contribution in [0, 0.1) is 0 Å². The minimum Gasteiger partial charge on any atom is -0.361 e. The number of carbonyl (C=O) groups excluding carboxylic acids is 1. The Morgan fingerprint density at radius 3 is 2.67 bits per heavy atom. The minimum atomic E-state index is -0.143. The smallest absolute Gasteiger partial charge is 0.257 e. The van der Waals surface area contributed by atoms with Crippen molar-refractivity contribution in [3.8, 4) is 0 Å². The molecule has 3 rings (SSSR count). The Morgan fingerprint density at radius 1 is 1.17 bits per heavy atom. The molecule has 2 aromatic rings. The number of carbonyl (C=O) groups is 1. The van der Waals surface area contributed by atoms with Gasteiger partial charge in [0.1, 0.15) is 6.17 Å². The average Bonchev–Trinajstić information content (AvgIpc) is 2.44. The molecule has 1 N–H and O–H groups in total. The highest BCUT2D eigenvalue weighted by Gasteiger charge is 2.29. The molecule has 0 unspecified atom stereocenters. The molecule has 2 heterocycles. The van der Waals surface area contributed by atoms with Crippen LogP contribution >= 0.6 is 0 Å². The molecule has 0 radical (unpaired) electrons. The Kier molecular flexibility index (Phi) is 2.48. The predicted molar refractivity (Wildman–Crippen MR) is 69.1 cm³/mol. The molecule has 1 aromatic heterocycles. The third-order valence-corrected chi connectivity index (χ3v) is 3.18. The summed E-state index contributed by atoms with van der Waals surface area (Å²) in [4.78, 5) is 18.0. The maximum absolute atomic E-state index is 12.3. The van der Waals surface area contributed by atoms with Crippen LogP contribution in [0.15, 0.2) is 48.8 Å². The number of nitrogens with one attached hydrogen (secondary N) is 1. The van der Waals surface area contributed by atoms with Crippen molar-refractivity contribution < 1.29 is 4.79 Å². The number of fused-ring (bicyclic) bond motifs is 1. The van der Waals surface area contributed by atoms with Gasteiger partial charge < -0.3 is 10.2 Å². The summed E-state index contributed by atoms with van der Waals surface area (Å²) in [5, 5.41) is 3.37. The van der Waals surface area contributed by atoms with Gasteiger partial charge in [-0.15, -0.1) is 0 Å². The number of anilines is 1. The molecular weight excluding hydrogens is 226 g/mol. The molecule has 0 fully saturated rings. The average molecular weight is 239 g/mol. The number of rotatable bonds is 1. The van der Waals surface area contributed by atoms with Crippen LogP contribution in [0.2, 0.25) is 0 Å². The fourth-order valence-electron chi connectivity index (χ4n) is 2.20. The number of benzene rings is 1. The van der Waals surface area contributed by atoms with Crippen LogP contribution in [0.25, 0.3) is 0 Å². The summed E-state index contributed by atoms with van der Waals surface area (Å²) in [7, 11) is 1.80. The Labute approximate surface area is 105 Å². The maximum atomic E-state index is 12.3. The largest absolute Gasteiger partial charge is 0.361 e. The number of hydrogen-bond donors (Lipinski definition) is 1. The Balaban J connectivity index is 2.04. The number of nitrogens with zero attached hydrogens (tertiary/aromatic N) is 2. The van der Waals surface area contributed by atoms with Crippen molar-refractivity contribution in [2.45, 2.75) is 6.17 Å². The van der Waals surface area contributed by atoms with Crippen molar-refractivity contribution in [1.29, 1.82) is 0 Å². The monoisotopic (exact) mass is 239 g/mol. The summed E-state index contributed by atoms with van der Waals surface area (Å²) in [6, 6.07) is 11.4. The zero-order valence-electron chi connectivity index (χ0n) is 10.00. The first-order valence-corrected chi connectivity index (χ1v) is 5.80. The third-order valence-electron chi connectivity index (χ3n) is 3.18. The van der Waals surface area contributed by atoms with E-state index in [0.29, 0.717) is 5.56 Å². The molecule has 4 nitrogen and oxygen atoms in total. The summed E-state index contributed by atoms with van der Waals surface area (Å²) in [5.74, 6) is 0.0335. The van der Waals surface area contributed by atoms with E-state index in [2.05, 4.69) is 10.3 Å². The van der Waals surface area contributed by atoms with Gasteiger partial charge in [-0.1, -0.05) is 12.1 Å². The molecule has 18 heavy (non-hydrogen) atoms. The SMILES string of the molecule is CN1C(=O)c2ccccc2N[C@H]1c1ccncc1. The van der Waals surface area contributed by atoms with Gasteiger partial charge in [0.2, 0.25) is 0 Å². The summed E-state index contributed by atoms with van der Waals surface area (Å²) >= 11 is 0. The van der Waals surface area contributed by atoms with Crippen molar-refractivity contribution in [2.24, 2.45) is 0 Å². The van der Waals surface area contributed by atoms with E-state index in [1.807, 2.05) is 36.4 Å². The second-order valence-electron chi connectivity index (χ2n) is 4.29. The Bertz CT molecular complexity index is 583. The van der Waals surface area contributed by atoms with E-state index in [1.165, 1.54) is 0 Å². The third kappa shape index (κ3) is 1.62. The molecule has 90 valence electrons. The van der Waals surface area contributed by atoms with Gasteiger partial charge in [0, 0.05) is 25.1 Å². The molecule has 1 atom stereocenters. The van der Waals surface area contributed by atoms with Crippen LogP contribution in [0.5, 0.6) is 0 Å². The summed E-state index contributed by atoms with van der Waals surface area (Å²) in [5.41, 5.74) is 2.61. The van der Waals surface area contributed by atoms with Gasteiger partial charge in [0.15, 0.2) is 0 Å². The molecule has 0 bridgehead atoms. The lowest BCUT2D eigenvalue weighted by Crippen LogP contribution is -2.40. The fourth-order valence-corrected chi connectivity index (χ4v) is 2.20. The molecule has 1 aliphatic heterocycles. The molecule has 0 spiro atoms. The first-order valence-electron chi connectivity index (χ1n) is 5.80. The normalized spacial score (nSPS) is 18.2. The second kappa shape index (κ2) is 4.14. The molecule has 1 aliphatic rings. The van der Waals surface area contributed by atoms with Gasteiger partial charge in [-0.3, -0.25) is 9.78 Å². The highest BCUT2D eigenvalue weighted by molar-refractivity contribution is 6.01. The number of para-hydroxylation sites is 1. The zero-order valence-corrected chi connectivity index (χ0v) is 10.00. The molecule has 1 amide bonds. The maximum Gasteiger partial charge on any atom is 0.257 e. The van der Waals surface area contributed by atoms with E-state index in [0.717, 1.165) is 11.3 Å². The van der Waals surface area contributed by atoms with Crippen LogP contribution < -0.4 is 5.32 Å². The molecule has 0 saturated carbocycles. The first-order chi connectivity index (χ1) is 8.77. The van der Waals surface area contributed by atoms with Crippen molar-refractivity contribution >= 4 is 11.6 Å². The van der Waals surface area contributed by atoms with Gasteiger partial charge in [-0.05, 0) is 29.8 Å². The van der Waals surface area contributed by atoms with Gasteiger partial charge in [-0.2, -0.15) is 0 Å². The van der Waals surface area contributed by atoms with Crippen LogP contribution in [0.4, 0.5) is 5.69 Å². The highest BCUT2D eigenvalue weighted by atomic mass is 16.2. The van der Waals surface area contributed by atoms with Crippen LogP contribution in [-0.4, -0.2) is 22.8 Å². The standard InChI is InChI=1S/C14H13N3O/c1-17-13(10-6-8-15-9-7-10)16-12-5-3-2-4-11(12)14(17)18/h2-9,13,16H,1H3/t13-/m1/s1. The summed E-state index contributed by atoms with van der Waals surface area (Å²) in [6.07, 6.45) is 3.32. The van der Waals surface area contributed by atoms with E-state index in [1.54, 1.807) is 24.3 Å². The van der Waals surface area contributed by atoms with E-state index >= 15 is 0 Å². The van der Waals surface area contributed by atoms with Gasteiger partial charge in [0.05, 0.1) is 5.56 Å². The minimum absolute atomic E-state index is 0.0335. The van der Waals surface area contributed by atoms with Gasteiger partial charge >= 0.3 is 0 Å². The lowest BCUT2D eigenvalue weighted by molar-refractivity contribution is 0.0735. The van der Waals surface area contributed by atoms with Gasteiger partial charge in [-0.25, -0.2) is 0 Å². The lowest BCUT2D eigenvalue weighted by atomic mass is 10.1. The van der Waals surface area contributed by atoms with Crippen molar-refractivity contribution in [3.05, 3.63) is 59.9 Å². The lowest BCUT2D eigenvalue weighted by Gasteiger charge is -2.35. The summed E-state index contributed by atoms with van der Waals surface area (Å²) < 4.78 is 0. The Morgan fingerprint density at radius 2 is 1.89 bits per heavy atom. The fraction of sp³-hybridized carbons (Fsp3) is 0.143. The van der Waals surface area contributed by atoms with Crippen molar-refractivity contribution in [3.63, 3.8) is 0 Å². The van der Waals surface area contributed by atoms with E-state index < -0.39 is 0 Å². The topological polar surface area (TPSA) is 45.2 Å². The first kappa shape index (κ1) is 10.8. The van der Waals surface area contributed by atoms with Gasteiger partial charge in [0.25, 0.3) is 5.91 Å². The van der Waals surface area contributed by atoms with Crippen molar-refractivity contribution in [2.75, 3.05) is 12.4 Å². The molecule has 1 aromatic carbocycles. The molecular formula is C14H13N3O. The predicted octanol–water partition coefficient (Wildman–Crippen LogP) is 2.28. The van der Waals surface area contributed by atoms with E-state index in [9.17, 15) is 4.79 Å². The molecule has 4 heteroatoms. The zero-order chi connectivity index (χ0) is 12.5. The number of aromatic nitrogens is 1. The Hall–Kier alpha value is -2.36. The quantitative estimate of drug-likeness (QED) is 0.830. The van der Waals surface area contributed by atoms with Crippen LogP contribution in [0.1, 0.15) is 22.1 Å². The number of pyridine rings is 1. The number of amides is 1. The highest BCUT2D eigenvalue weighted by Crippen LogP contribution is 2.31. The molecule has 0 aliphatic carbocycles. The van der Waals surface area contributed by atoms with Crippen LogP contribution in [0.3, 0.4) is 0 Å². The number of hydrogen-bond acceptors (Lipinski definition) is 3.